The van der Waals surface area contributed by atoms with Gasteiger partial charge in [-0.05, 0) is 12.1 Å². The molecular weight excluding hydrogens is 196 g/mol. The maximum atomic E-state index is 10.5. The first kappa shape index (κ1) is 10.9. The number of hydrogen-bond donors (Lipinski definition) is 1. The van der Waals surface area contributed by atoms with Crippen LogP contribution in [0.15, 0.2) is 47.9 Å². The zero-order valence-corrected chi connectivity index (χ0v) is 8.54. The van der Waals surface area contributed by atoms with Crippen molar-refractivity contribution in [3.05, 3.63) is 43.0 Å². The van der Waals surface area contributed by atoms with Crippen LogP contribution in [0.3, 0.4) is 0 Å². The molecule has 0 heterocycles. The predicted molar refractivity (Wildman–Crippen MR) is 58.5 cm³/mol. The van der Waals surface area contributed by atoms with Crippen LogP contribution in [0, 0.1) is 0 Å². The number of hydrogen-bond acceptors (Lipinski definition) is 2. The summed E-state index contributed by atoms with van der Waals surface area (Å²) in [6, 6.07) is 9.72. The van der Waals surface area contributed by atoms with E-state index in [2.05, 4.69) is 6.58 Å². The molecular formula is C11H12O2S. The first-order chi connectivity index (χ1) is 6.72. The van der Waals surface area contributed by atoms with Crippen LogP contribution < -0.4 is 0 Å². The Hall–Kier alpha value is -1.22. The second-order valence-electron chi connectivity index (χ2n) is 2.80. The summed E-state index contributed by atoms with van der Waals surface area (Å²) in [5.41, 5.74) is 0. The van der Waals surface area contributed by atoms with Crippen LogP contribution in [0.2, 0.25) is 0 Å². The Morgan fingerprint density at radius 3 is 2.64 bits per heavy atom. The fourth-order valence-electron chi connectivity index (χ4n) is 1.02. The monoisotopic (exact) mass is 208 g/mol. The number of thioether (sulfide) groups is 1. The van der Waals surface area contributed by atoms with E-state index in [-0.39, 0.29) is 11.7 Å². The molecule has 1 rings (SSSR count). The maximum Gasteiger partial charge on any atom is 0.304 e. The van der Waals surface area contributed by atoms with Gasteiger partial charge in [-0.15, -0.1) is 18.3 Å². The van der Waals surface area contributed by atoms with Gasteiger partial charge in [-0.25, -0.2) is 0 Å². The van der Waals surface area contributed by atoms with E-state index in [9.17, 15) is 4.79 Å². The third-order valence-corrected chi connectivity index (χ3v) is 2.88. The molecule has 0 bridgehead atoms. The first-order valence-electron chi connectivity index (χ1n) is 4.28. The zero-order chi connectivity index (χ0) is 10.4. The van der Waals surface area contributed by atoms with Gasteiger partial charge in [-0.2, -0.15) is 0 Å². The lowest BCUT2D eigenvalue weighted by atomic mass is 10.3. The van der Waals surface area contributed by atoms with E-state index < -0.39 is 5.97 Å². The molecule has 1 atom stereocenters. The van der Waals surface area contributed by atoms with Crippen molar-refractivity contribution >= 4 is 17.7 Å². The summed E-state index contributed by atoms with van der Waals surface area (Å²) in [6.07, 6.45) is 1.79. The third-order valence-electron chi connectivity index (χ3n) is 1.67. The second-order valence-corrected chi connectivity index (χ2v) is 4.12. The molecule has 0 aliphatic rings. The zero-order valence-electron chi connectivity index (χ0n) is 7.72. The minimum Gasteiger partial charge on any atom is -0.481 e. The van der Waals surface area contributed by atoms with E-state index >= 15 is 0 Å². The molecule has 2 nitrogen and oxygen atoms in total. The van der Waals surface area contributed by atoms with Crippen molar-refractivity contribution in [3.63, 3.8) is 0 Å². The number of carboxylic acids is 1. The molecule has 0 saturated heterocycles. The summed E-state index contributed by atoms with van der Waals surface area (Å²) in [5, 5.41) is 8.57. The average molecular weight is 208 g/mol. The molecule has 14 heavy (non-hydrogen) atoms. The van der Waals surface area contributed by atoms with Crippen LogP contribution in [0.1, 0.15) is 6.42 Å². The molecule has 0 aliphatic carbocycles. The Labute approximate surface area is 87.6 Å². The highest BCUT2D eigenvalue weighted by molar-refractivity contribution is 8.00. The van der Waals surface area contributed by atoms with Gasteiger partial charge in [0.15, 0.2) is 0 Å². The number of carboxylic acid groups (broad SMARTS) is 1. The lowest BCUT2D eigenvalue weighted by molar-refractivity contribution is -0.136. The Morgan fingerprint density at radius 1 is 1.50 bits per heavy atom. The molecule has 0 aromatic heterocycles. The molecule has 0 spiro atoms. The predicted octanol–water partition coefficient (Wildman–Crippen LogP) is 2.81. The van der Waals surface area contributed by atoms with Crippen LogP contribution >= 0.6 is 11.8 Å². The van der Waals surface area contributed by atoms with Crippen LogP contribution in [-0.2, 0) is 4.79 Å². The quantitative estimate of drug-likeness (QED) is 0.597. The Balaban J connectivity index is 2.57. The molecule has 74 valence electrons. The summed E-state index contributed by atoms with van der Waals surface area (Å²) in [7, 11) is 0. The number of aliphatic carboxylic acids is 1. The van der Waals surface area contributed by atoms with Crippen molar-refractivity contribution in [3.8, 4) is 0 Å². The SMILES string of the molecule is C=CC(CC(=O)O)Sc1ccccc1. The van der Waals surface area contributed by atoms with Crippen molar-refractivity contribution in [2.75, 3.05) is 0 Å². The van der Waals surface area contributed by atoms with Gasteiger partial charge < -0.3 is 5.11 Å². The van der Waals surface area contributed by atoms with E-state index in [1.807, 2.05) is 30.3 Å². The number of benzene rings is 1. The first-order valence-corrected chi connectivity index (χ1v) is 5.16. The van der Waals surface area contributed by atoms with Crippen LogP contribution in [0.5, 0.6) is 0 Å². The molecule has 0 aliphatic heterocycles. The minimum absolute atomic E-state index is 0.0603. The third kappa shape index (κ3) is 3.66. The van der Waals surface area contributed by atoms with E-state index in [0.29, 0.717) is 0 Å². The normalized spacial score (nSPS) is 12.0. The molecule has 0 radical (unpaired) electrons. The van der Waals surface area contributed by atoms with Gasteiger partial charge in [0.2, 0.25) is 0 Å². The van der Waals surface area contributed by atoms with Crippen molar-refractivity contribution in [1.82, 2.24) is 0 Å². The van der Waals surface area contributed by atoms with Crippen molar-refractivity contribution in [1.29, 1.82) is 0 Å². The lowest BCUT2D eigenvalue weighted by Gasteiger charge is -2.08. The van der Waals surface area contributed by atoms with Gasteiger partial charge in [0.1, 0.15) is 0 Å². The van der Waals surface area contributed by atoms with Gasteiger partial charge >= 0.3 is 5.97 Å². The van der Waals surface area contributed by atoms with E-state index in [1.54, 1.807) is 6.08 Å². The highest BCUT2D eigenvalue weighted by Crippen LogP contribution is 2.25. The Kier molecular flexibility index (Phi) is 4.26. The van der Waals surface area contributed by atoms with Crippen LogP contribution in [0.4, 0.5) is 0 Å². The maximum absolute atomic E-state index is 10.5. The smallest absolute Gasteiger partial charge is 0.304 e. The largest absolute Gasteiger partial charge is 0.481 e. The Bertz CT molecular complexity index is 308. The standard InChI is InChI=1S/C11H12O2S/c1-2-9(8-11(12)13)14-10-6-4-3-5-7-10/h2-7,9H,1,8H2,(H,12,13). The highest BCUT2D eigenvalue weighted by Gasteiger charge is 2.10. The lowest BCUT2D eigenvalue weighted by Crippen LogP contribution is -2.06. The number of carbonyl (C=O) groups is 1. The summed E-state index contributed by atoms with van der Waals surface area (Å²) in [4.78, 5) is 11.6. The topological polar surface area (TPSA) is 37.3 Å². The van der Waals surface area contributed by atoms with E-state index in [0.717, 1.165) is 4.90 Å². The summed E-state index contributed by atoms with van der Waals surface area (Å²) in [6.45, 7) is 3.63. The van der Waals surface area contributed by atoms with Crippen LogP contribution in [-0.4, -0.2) is 16.3 Å². The fourth-order valence-corrected chi connectivity index (χ4v) is 2.01. The van der Waals surface area contributed by atoms with Gasteiger partial charge in [0.05, 0.1) is 6.42 Å². The van der Waals surface area contributed by atoms with Gasteiger partial charge in [0.25, 0.3) is 0 Å². The molecule has 1 aromatic carbocycles. The van der Waals surface area contributed by atoms with Crippen LogP contribution in [0.25, 0.3) is 0 Å². The van der Waals surface area contributed by atoms with Crippen molar-refractivity contribution < 1.29 is 9.90 Å². The van der Waals surface area contributed by atoms with Crippen molar-refractivity contribution in [2.45, 2.75) is 16.6 Å². The molecule has 1 unspecified atom stereocenters. The van der Waals surface area contributed by atoms with E-state index in [1.165, 1.54) is 11.8 Å². The molecule has 1 aromatic rings. The average Bonchev–Trinajstić information content (AvgIpc) is 2.17. The summed E-state index contributed by atoms with van der Waals surface area (Å²) < 4.78 is 0. The number of rotatable bonds is 5. The molecule has 0 fully saturated rings. The molecule has 3 heteroatoms. The van der Waals surface area contributed by atoms with E-state index in [4.69, 9.17) is 5.11 Å². The Morgan fingerprint density at radius 2 is 2.14 bits per heavy atom. The second kappa shape index (κ2) is 5.50. The summed E-state index contributed by atoms with van der Waals surface area (Å²) in [5.74, 6) is -0.793. The fraction of sp³-hybridized carbons (Fsp3) is 0.182. The van der Waals surface area contributed by atoms with Crippen molar-refractivity contribution in [2.24, 2.45) is 0 Å². The van der Waals surface area contributed by atoms with Gasteiger partial charge in [-0.3, -0.25) is 4.79 Å². The molecule has 0 amide bonds. The molecule has 1 N–H and O–H groups in total. The summed E-state index contributed by atoms with van der Waals surface area (Å²) >= 11 is 1.52. The minimum atomic E-state index is -0.793. The molecule has 0 saturated carbocycles. The van der Waals surface area contributed by atoms with Gasteiger partial charge in [0, 0.05) is 10.1 Å². The van der Waals surface area contributed by atoms with Gasteiger partial charge in [-0.1, -0.05) is 24.3 Å². The highest BCUT2D eigenvalue weighted by atomic mass is 32.2.